The van der Waals surface area contributed by atoms with Gasteiger partial charge in [0.25, 0.3) is 11.5 Å². The predicted octanol–water partition coefficient (Wildman–Crippen LogP) is -0.0810. The fourth-order valence-corrected chi connectivity index (χ4v) is 2.14. The second-order valence-electron chi connectivity index (χ2n) is 5.58. The molecule has 0 aromatic carbocycles. The molecule has 8 nitrogen and oxygen atoms in total. The van der Waals surface area contributed by atoms with Crippen molar-refractivity contribution in [1.82, 2.24) is 4.90 Å². The molecule has 116 valence electrons. The first kappa shape index (κ1) is 15.3. The van der Waals surface area contributed by atoms with Crippen LogP contribution in [0.3, 0.4) is 0 Å². The number of cyclic esters (lactones) is 2. The molecule has 0 bridgehead atoms. The van der Waals surface area contributed by atoms with E-state index in [2.05, 4.69) is 5.16 Å². The van der Waals surface area contributed by atoms with Gasteiger partial charge in [-0.15, -0.1) is 0 Å². The van der Waals surface area contributed by atoms with Gasteiger partial charge < -0.3 is 9.47 Å². The number of ether oxygens (including phenoxy) is 2. The zero-order chi connectivity index (χ0) is 15.6. The predicted molar refractivity (Wildman–Crippen MR) is 72.7 cm³/mol. The number of esters is 2. The highest BCUT2D eigenvalue weighted by Crippen LogP contribution is 2.18. The van der Waals surface area contributed by atoms with Crippen molar-refractivity contribution >= 4 is 23.7 Å². The summed E-state index contributed by atoms with van der Waals surface area (Å²) in [5.41, 5.74) is -0.493. The van der Waals surface area contributed by atoms with Crippen LogP contribution in [0.5, 0.6) is 0 Å². The van der Waals surface area contributed by atoms with Crippen molar-refractivity contribution in [3.8, 4) is 0 Å². The van der Waals surface area contributed by atoms with E-state index in [9.17, 15) is 9.59 Å². The van der Waals surface area contributed by atoms with Crippen molar-refractivity contribution in [3.05, 3.63) is 0 Å². The molecule has 2 fully saturated rings. The molecule has 0 aliphatic carbocycles. The molecule has 0 aromatic heterocycles. The van der Waals surface area contributed by atoms with Crippen LogP contribution in [-0.4, -0.2) is 66.1 Å². The number of carbonyl (C=O) groups excluding carboxylic acids is 2. The van der Waals surface area contributed by atoms with Gasteiger partial charge in [0.2, 0.25) is 0 Å². The van der Waals surface area contributed by atoms with Crippen LogP contribution in [0.15, 0.2) is 5.16 Å². The molecule has 21 heavy (non-hydrogen) atoms. The first-order chi connectivity index (χ1) is 9.80. The lowest BCUT2D eigenvalue weighted by Gasteiger charge is -2.28. The number of likely N-dealkylation sites (tertiary alicyclic amines) is 1. The van der Waals surface area contributed by atoms with Gasteiger partial charge in [-0.2, -0.15) is 0 Å². The van der Waals surface area contributed by atoms with E-state index in [1.165, 1.54) is 13.8 Å². The standard InChI is InChI=1S/C13H20N3O5/c1-13(2)19-10(17)9(11(18)20-13)14-21-12(15(3)4)16-7-5-6-8-16/h5-8H2,1-4H3/q+1. The lowest BCUT2D eigenvalue weighted by atomic mass is 10.3. The van der Waals surface area contributed by atoms with E-state index in [0.29, 0.717) is 6.02 Å². The van der Waals surface area contributed by atoms with Crippen LogP contribution in [0.1, 0.15) is 26.7 Å². The van der Waals surface area contributed by atoms with E-state index in [0.717, 1.165) is 25.9 Å². The maximum atomic E-state index is 11.8. The fraction of sp³-hybridized carbons (Fsp3) is 0.692. The largest absolute Gasteiger partial charge is 0.472 e. The zero-order valence-corrected chi connectivity index (χ0v) is 12.7. The molecule has 0 aromatic rings. The van der Waals surface area contributed by atoms with Crippen molar-refractivity contribution < 1.29 is 28.5 Å². The quantitative estimate of drug-likeness (QED) is 0.221. The highest BCUT2D eigenvalue weighted by Gasteiger charge is 2.41. The van der Waals surface area contributed by atoms with Crippen LogP contribution in [0.4, 0.5) is 0 Å². The number of oxime groups is 1. The molecular formula is C13H20N3O5+. The molecule has 2 aliphatic rings. The van der Waals surface area contributed by atoms with Gasteiger partial charge in [0.05, 0.1) is 27.2 Å². The summed E-state index contributed by atoms with van der Waals surface area (Å²) in [7, 11) is 3.60. The normalized spacial score (nSPS) is 20.8. The number of nitrogens with zero attached hydrogens (tertiary/aromatic N) is 3. The second-order valence-corrected chi connectivity index (χ2v) is 5.58. The third-order valence-electron chi connectivity index (χ3n) is 3.04. The molecule has 2 saturated heterocycles. The SMILES string of the molecule is C[N+](C)=C(ON=C1C(=O)OC(C)(C)OC1=O)N1CCCC1. The minimum Gasteiger partial charge on any atom is -0.418 e. The van der Waals surface area contributed by atoms with Crippen molar-refractivity contribution in [3.63, 3.8) is 0 Å². The van der Waals surface area contributed by atoms with Crippen LogP contribution in [0.25, 0.3) is 0 Å². The minimum atomic E-state index is -1.28. The van der Waals surface area contributed by atoms with Gasteiger partial charge >= 0.3 is 18.0 Å². The second kappa shape index (κ2) is 5.71. The zero-order valence-electron chi connectivity index (χ0n) is 12.7. The molecule has 2 heterocycles. The third-order valence-corrected chi connectivity index (χ3v) is 3.04. The Balaban J connectivity index is 2.14. The summed E-state index contributed by atoms with van der Waals surface area (Å²) in [4.78, 5) is 30.8. The smallest absolute Gasteiger partial charge is 0.418 e. The lowest BCUT2D eigenvalue weighted by Crippen LogP contribution is -2.47. The fourth-order valence-electron chi connectivity index (χ4n) is 2.14. The first-order valence-corrected chi connectivity index (χ1v) is 6.81. The van der Waals surface area contributed by atoms with Crippen LogP contribution in [0, 0.1) is 0 Å². The van der Waals surface area contributed by atoms with Crippen molar-refractivity contribution in [2.24, 2.45) is 5.16 Å². The van der Waals surface area contributed by atoms with E-state index in [-0.39, 0.29) is 0 Å². The Morgan fingerprint density at radius 3 is 2.19 bits per heavy atom. The summed E-state index contributed by atoms with van der Waals surface area (Å²) in [6, 6.07) is 0.477. The highest BCUT2D eigenvalue weighted by molar-refractivity contribution is 6.63. The summed E-state index contributed by atoms with van der Waals surface area (Å²) in [5, 5.41) is 3.62. The Morgan fingerprint density at radius 1 is 1.19 bits per heavy atom. The van der Waals surface area contributed by atoms with E-state index in [1.807, 2.05) is 4.90 Å². The Hall–Kier alpha value is -2.12. The number of amidine groups is 1. The Labute approximate surface area is 122 Å². The molecule has 0 N–H and O–H groups in total. The molecule has 0 radical (unpaired) electrons. The van der Waals surface area contributed by atoms with Gasteiger partial charge in [-0.1, -0.05) is 5.16 Å². The maximum Gasteiger partial charge on any atom is 0.472 e. The molecule has 0 spiro atoms. The number of rotatable bonds is 1. The van der Waals surface area contributed by atoms with Crippen LogP contribution in [0.2, 0.25) is 0 Å². The topological polar surface area (TPSA) is 80.4 Å². The molecular weight excluding hydrogens is 278 g/mol. The van der Waals surface area contributed by atoms with Gasteiger partial charge in [-0.05, 0) is 12.8 Å². The van der Waals surface area contributed by atoms with Crippen molar-refractivity contribution in [2.75, 3.05) is 27.2 Å². The monoisotopic (exact) mass is 298 g/mol. The summed E-state index contributed by atoms with van der Waals surface area (Å²) in [5.74, 6) is -2.98. The number of hydrogen-bond donors (Lipinski definition) is 0. The van der Waals surface area contributed by atoms with Gasteiger partial charge in [0.15, 0.2) is 0 Å². The van der Waals surface area contributed by atoms with Gasteiger partial charge in [-0.25, -0.2) is 19.1 Å². The molecule has 0 saturated carbocycles. The van der Waals surface area contributed by atoms with Gasteiger partial charge in [-0.3, -0.25) is 4.84 Å². The van der Waals surface area contributed by atoms with E-state index in [1.54, 1.807) is 18.7 Å². The van der Waals surface area contributed by atoms with E-state index in [4.69, 9.17) is 14.3 Å². The average molecular weight is 298 g/mol. The van der Waals surface area contributed by atoms with Crippen molar-refractivity contribution in [2.45, 2.75) is 32.5 Å². The van der Waals surface area contributed by atoms with Crippen molar-refractivity contribution in [1.29, 1.82) is 0 Å². The number of carbonyl (C=O) groups is 2. The van der Waals surface area contributed by atoms with Crippen LogP contribution >= 0.6 is 0 Å². The summed E-state index contributed by atoms with van der Waals surface area (Å²) < 4.78 is 11.6. The Bertz CT molecular complexity index is 492. The summed E-state index contributed by atoms with van der Waals surface area (Å²) in [6.07, 6.45) is 2.13. The van der Waals surface area contributed by atoms with E-state index < -0.39 is 23.4 Å². The highest BCUT2D eigenvalue weighted by atomic mass is 16.7. The maximum absolute atomic E-state index is 11.8. The molecule has 0 unspecified atom stereocenters. The molecule has 8 heteroatoms. The van der Waals surface area contributed by atoms with E-state index >= 15 is 0 Å². The van der Waals surface area contributed by atoms with Gasteiger partial charge in [0.1, 0.15) is 0 Å². The molecule has 0 atom stereocenters. The summed E-state index contributed by atoms with van der Waals surface area (Å²) >= 11 is 0. The van der Waals surface area contributed by atoms with Gasteiger partial charge in [0, 0.05) is 13.8 Å². The average Bonchev–Trinajstić information content (AvgIpc) is 2.84. The van der Waals surface area contributed by atoms with Crippen LogP contribution in [-0.2, 0) is 23.9 Å². The lowest BCUT2D eigenvalue weighted by molar-refractivity contribution is -0.481. The Kier molecular flexibility index (Phi) is 4.15. The minimum absolute atomic E-state index is 0.477. The Morgan fingerprint density at radius 2 is 1.71 bits per heavy atom. The number of hydrogen-bond acceptors (Lipinski definition) is 6. The van der Waals surface area contributed by atoms with Crippen LogP contribution < -0.4 is 0 Å². The molecule has 0 amide bonds. The molecule has 2 aliphatic heterocycles. The first-order valence-electron chi connectivity index (χ1n) is 6.81. The summed E-state index contributed by atoms with van der Waals surface area (Å²) in [6.45, 7) is 4.64. The third kappa shape index (κ3) is 3.50. The molecule has 2 rings (SSSR count).